The SMILES string of the molecule is CC(NC(=O)CSc1nnc(NCCc2cccs2)s1)c1ccc2c(c1)OCCO2. The number of rotatable bonds is 9. The van der Waals surface area contributed by atoms with E-state index in [2.05, 4.69) is 38.3 Å². The summed E-state index contributed by atoms with van der Waals surface area (Å²) < 4.78 is 11.9. The number of carbonyl (C=O) groups excluding carboxylic acids is 1. The fourth-order valence-electron chi connectivity index (χ4n) is 2.91. The van der Waals surface area contributed by atoms with Crippen molar-refractivity contribution in [2.45, 2.75) is 23.7 Å². The van der Waals surface area contributed by atoms with Gasteiger partial charge in [-0.15, -0.1) is 21.5 Å². The van der Waals surface area contributed by atoms with Gasteiger partial charge in [-0.2, -0.15) is 0 Å². The van der Waals surface area contributed by atoms with Crippen LogP contribution in [0.25, 0.3) is 0 Å². The molecule has 0 saturated heterocycles. The molecule has 2 N–H and O–H groups in total. The van der Waals surface area contributed by atoms with Crippen LogP contribution in [0.2, 0.25) is 0 Å². The van der Waals surface area contributed by atoms with Crippen LogP contribution in [0.5, 0.6) is 11.5 Å². The maximum absolute atomic E-state index is 12.4. The second-order valence-corrected chi connectivity index (χ2v) is 9.84. The van der Waals surface area contributed by atoms with Gasteiger partial charge >= 0.3 is 0 Å². The predicted molar refractivity (Wildman–Crippen MR) is 121 cm³/mol. The van der Waals surface area contributed by atoms with Crippen LogP contribution >= 0.6 is 34.4 Å². The van der Waals surface area contributed by atoms with E-state index in [1.165, 1.54) is 28.0 Å². The van der Waals surface area contributed by atoms with Gasteiger partial charge in [-0.3, -0.25) is 4.79 Å². The van der Waals surface area contributed by atoms with E-state index in [0.717, 1.165) is 39.5 Å². The number of thiophene rings is 1. The zero-order chi connectivity index (χ0) is 20.8. The lowest BCUT2D eigenvalue weighted by Crippen LogP contribution is -2.28. The summed E-state index contributed by atoms with van der Waals surface area (Å²) in [6.45, 7) is 3.87. The van der Waals surface area contributed by atoms with Crippen LogP contribution in [0.3, 0.4) is 0 Å². The van der Waals surface area contributed by atoms with Gasteiger partial charge in [0.25, 0.3) is 0 Å². The number of nitrogens with one attached hydrogen (secondary N) is 2. The highest BCUT2D eigenvalue weighted by atomic mass is 32.2. The Morgan fingerprint density at radius 2 is 2.10 bits per heavy atom. The largest absolute Gasteiger partial charge is 0.486 e. The van der Waals surface area contributed by atoms with Crippen LogP contribution in [0.15, 0.2) is 40.1 Å². The Balaban J connectivity index is 1.21. The molecule has 1 atom stereocenters. The molecule has 1 aliphatic rings. The van der Waals surface area contributed by atoms with Gasteiger partial charge in [0.1, 0.15) is 13.2 Å². The molecule has 2 aromatic heterocycles. The number of anilines is 1. The number of hydrogen-bond acceptors (Lipinski definition) is 9. The van der Waals surface area contributed by atoms with Crippen molar-refractivity contribution in [1.29, 1.82) is 0 Å². The molecule has 3 heterocycles. The van der Waals surface area contributed by atoms with E-state index in [1.807, 2.05) is 25.1 Å². The van der Waals surface area contributed by atoms with E-state index in [0.29, 0.717) is 19.0 Å². The Hall–Kier alpha value is -2.30. The summed E-state index contributed by atoms with van der Waals surface area (Å²) in [5.41, 5.74) is 0.978. The number of aromatic nitrogens is 2. The van der Waals surface area contributed by atoms with Gasteiger partial charge < -0.3 is 20.1 Å². The minimum Gasteiger partial charge on any atom is -0.486 e. The lowest BCUT2D eigenvalue weighted by Gasteiger charge is -2.21. The summed E-state index contributed by atoms with van der Waals surface area (Å²) in [4.78, 5) is 13.7. The molecule has 30 heavy (non-hydrogen) atoms. The van der Waals surface area contributed by atoms with Gasteiger partial charge in [-0.05, 0) is 42.5 Å². The lowest BCUT2D eigenvalue weighted by atomic mass is 10.1. The first-order chi connectivity index (χ1) is 14.7. The van der Waals surface area contributed by atoms with Gasteiger partial charge in [0, 0.05) is 11.4 Å². The minimum absolute atomic E-state index is 0.0511. The lowest BCUT2D eigenvalue weighted by molar-refractivity contribution is -0.119. The number of ether oxygens (including phenoxy) is 2. The molecule has 1 aliphatic heterocycles. The first kappa shape index (κ1) is 21.0. The molecule has 4 rings (SSSR count). The smallest absolute Gasteiger partial charge is 0.230 e. The number of thioether (sulfide) groups is 1. The molecule has 1 amide bonds. The highest BCUT2D eigenvalue weighted by Gasteiger charge is 2.16. The second-order valence-electron chi connectivity index (χ2n) is 6.61. The highest BCUT2D eigenvalue weighted by Crippen LogP contribution is 2.32. The molecule has 0 aliphatic carbocycles. The molecule has 1 unspecified atom stereocenters. The van der Waals surface area contributed by atoms with Gasteiger partial charge in [0.2, 0.25) is 11.0 Å². The summed E-state index contributed by atoms with van der Waals surface area (Å²) in [6.07, 6.45) is 0.958. The second kappa shape index (κ2) is 10.1. The standard InChI is InChI=1S/C20H22N4O3S3/c1-13(14-4-5-16-17(11-14)27-9-8-26-16)22-18(25)12-29-20-24-23-19(30-20)21-7-6-15-3-2-10-28-15/h2-5,10-11,13H,6-9,12H2,1H3,(H,21,23)(H,22,25). The average Bonchev–Trinajstić information content (AvgIpc) is 3.44. The molecular weight excluding hydrogens is 440 g/mol. The Labute approximate surface area is 187 Å². The van der Waals surface area contributed by atoms with Gasteiger partial charge in [0.05, 0.1) is 11.8 Å². The molecule has 10 heteroatoms. The fourth-order valence-corrected chi connectivity index (χ4v) is 5.21. The van der Waals surface area contributed by atoms with E-state index in [9.17, 15) is 4.79 Å². The van der Waals surface area contributed by atoms with E-state index in [-0.39, 0.29) is 11.9 Å². The van der Waals surface area contributed by atoms with Crippen molar-refractivity contribution < 1.29 is 14.3 Å². The summed E-state index contributed by atoms with van der Waals surface area (Å²) in [6, 6.07) is 9.81. The third kappa shape index (κ3) is 5.65. The summed E-state index contributed by atoms with van der Waals surface area (Å²) in [7, 11) is 0. The maximum Gasteiger partial charge on any atom is 0.230 e. The number of carbonyl (C=O) groups is 1. The topological polar surface area (TPSA) is 85.4 Å². The number of hydrogen-bond donors (Lipinski definition) is 2. The Morgan fingerprint density at radius 3 is 2.93 bits per heavy atom. The van der Waals surface area contributed by atoms with Crippen LogP contribution in [0, 0.1) is 0 Å². The van der Waals surface area contributed by atoms with Crippen LogP contribution in [0.1, 0.15) is 23.4 Å². The Bertz CT molecular complexity index is 978. The third-order valence-electron chi connectivity index (χ3n) is 4.40. The van der Waals surface area contributed by atoms with Crippen LogP contribution in [-0.4, -0.2) is 41.6 Å². The monoisotopic (exact) mass is 462 g/mol. The number of amides is 1. The van der Waals surface area contributed by atoms with Gasteiger partial charge in [0.15, 0.2) is 15.8 Å². The molecule has 3 aromatic rings. The summed E-state index contributed by atoms with van der Waals surface area (Å²) >= 11 is 4.61. The van der Waals surface area contributed by atoms with E-state index in [4.69, 9.17) is 9.47 Å². The molecule has 0 radical (unpaired) electrons. The molecule has 1 aromatic carbocycles. The molecule has 0 saturated carbocycles. The van der Waals surface area contributed by atoms with Crippen LogP contribution < -0.4 is 20.1 Å². The first-order valence-electron chi connectivity index (χ1n) is 9.59. The third-order valence-corrected chi connectivity index (χ3v) is 7.36. The van der Waals surface area contributed by atoms with Crippen molar-refractivity contribution in [3.8, 4) is 11.5 Å². The Morgan fingerprint density at radius 1 is 1.23 bits per heavy atom. The quantitative estimate of drug-likeness (QED) is 0.465. The minimum atomic E-state index is -0.127. The predicted octanol–water partition coefficient (Wildman–Crippen LogP) is 3.99. The number of fused-ring (bicyclic) bond motifs is 1. The maximum atomic E-state index is 12.4. The van der Waals surface area contributed by atoms with Crippen molar-refractivity contribution in [2.75, 3.05) is 30.8 Å². The zero-order valence-electron chi connectivity index (χ0n) is 16.4. The van der Waals surface area contributed by atoms with Gasteiger partial charge in [-0.25, -0.2) is 0 Å². The van der Waals surface area contributed by atoms with Gasteiger partial charge in [-0.1, -0.05) is 35.2 Å². The number of benzene rings is 1. The molecule has 0 fully saturated rings. The Kier molecular flexibility index (Phi) is 7.08. The van der Waals surface area contributed by atoms with E-state index in [1.54, 1.807) is 11.3 Å². The zero-order valence-corrected chi connectivity index (χ0v) is 18.9. The van der Waals surface area contributed by atoms with Crippen molar-refractivity contribution >= 4 is 45.5 Å². The molecule has 158 valence electrons. The average molecular weight is 463 g/mol. The summed E-state index contributed by atoms with van der Waals surface area (Å²) in [5, 5.41) is 17.5. The fraction of sp³-hybridized carbons (Fsp3) is 0.350. The normalized spacial score (nSPS) is 13.6. The van der Waals surface area contributed by atoms with Crippen LogP contribution in [-0.2, 0) is 11.2 Å². The number of nitrogens with zero attached hydrogens (tertiary/aromatic N) is 2. The highest BCUT2D eigenvalue weighted by molar-refractivity contribution is 8.01. The van der Waals surface area contributed by atoms with Crippen molar-refractivity contribution in [2.24, 2.45) is 0 Å². The van der Waals surface area contributed by atoms with Crippen LogP contribution in [0.4, 0.5) is 5.13 Å². The van der Waals surface area contributed by atoms with Crippen molar-refractivity contribution in [3.05, 3.63) is 46.2 Å². The summed E-state index contributed by atoms with van der Waals surface area (Å²) in [5.74, 6) is 1.71. The van der Waals surface area contributed by atoms with E-state index < -0.39 is 0 Å². The van der Waals surface area contributed by atoms with E-state index >= 15 is 0 Å². The molecular formula is C20H22N4O3S3. The molecule has 0 bridgehead atoms. The molecule has 7 nitrogen and oxygen atoms in total. The molecule has 0 spiro atoms. The van der Waals surface area contributed by atoms with Crippen molar-refractivity contribution in [1.82, 2.24) is 15.5 Å². The van der Waals surface area contributed by atoms with Crippen molar-refractivity contribution in [3.63, 3.8) is 0 Å². The first-order valence-corrected chi connectivity index (χ1v) is 12.3.